The number of aryl methyl sites for hydroxylation is 2. The predicted octanol–water partition coefficient (Wildman–Crippen LogP) is 4.75. The molecule has 7 nitrogen and oxygen atoms in total. The second-order valence-corrected chi connectivity index (χ2v) is 9.18. The van der Waals surface area contributed by atoms with Gasteiger partial charge in [0.25, 0.3) is 0 Å². The van der Waals surface area contributed by atoms with E-state index in [1.165, 1.54) is 34.2 Å². The highest BCUT2D eigenvalue weighted by molar-refractivity contribution is 8.02. The van der Waals surface area contributed by atoms with Crippen LogP contribution in [0.5, 0.6) is 11.5 Å². The van der Waals surface area contributed by atoms with Gasteiger partial charge in [-0.15, -0.1) is 10.2 Å². The van der Waals surface area contributed by atoms with Crippen molar-refractivity contribution < 1.29 is 14.3 Å². The second kappa shape index (κ2) is 8.30. The lowest BCUT2D eigenvalue weighted by atomic mass is 10.1. The topological polar surface area (TPSA) is 85.4 Å². The predicted molar refractivity (Wildman–Crippen MR) is 116 cm³/mol. The molecule has 1 aliphatic rings. The lowest BCUT2D eigenvalue weighted by molar-refractivity contribution is -0.115. The van der Waals surface area contributed by atoms with Crippen LogP contribution in [0.15, 0.2) is 40.7 Å². The third-order valence-electron chi connectivity index (χ3n) is 4.45. The average Bonchev–Trinajstić information content (AvgIpc) is 3.33. The number of carbonyl (C=O) groups is 1. The van der Waals surface area contributed by atoms with Crippen molar-refractivity contribution in [1.29, 1.82) is 0 Å². The zero-order chi connectivity index (χ0) is 20.4. The van der Waals surface area contributed by atoms with Crippen molar-refractivity contribution in [2.45, 2.75) is 30.4 Å². The highest BCUT2D eigenvalue weighted by atomic mass is 32.2. The van der Waals surface area contributed by atoms with Gasteiger partial charge < -0.3 is 20.1 Å². The van der Waals surface area contributed by atoms with Crippen LogP contribution in [0.3, 0.4) is 0 Å². The number of nitrogens with zero attached hydrogens (tertiary/aromatic N) is 2. The Kier molecular flexibility index (Phi) is 5.59. The summed E-state index contributed by atoms with van der Waals surface area (Å²) in [6.45, 7) is 6.19. The lowest BCUT2D eigenvalue weighted by Gasteiger charge is -2.10. The fourth-order valence-corrected chi connectivity index (χ4v) is 4.59. The number of fused-ring (bicyclic) bond motifs is 1. The van der Waals surface area contributed by atoms with E-state index in [1.807, 2.05) is 13.0 Å². The van der Waals surface area contributed by atoms with Crippen LogP contribution in [0.25, 0.3) is 0 Å². The first-order valence-electron chi connectivity index (χ1n) is 9.03. The molecule has 1 amide bonds. The molecule has 1 aromatic heterocycles. The van der Waals surface area contributed by atoms with Gasteiger partial charge in [-0.1, -0.05) is 29.2 Å². The van der Waals surface area contributed by atoms with E-state index >= 15 is 0 Å². The maximum atomic E-state index is 12.5. The van der Waals surface area contributed by atoms with Crippen LogP contribution >= 0.6 is 23.1 Å². The van der Waals surface area contributed by atoms with Gasteiger partial charge in [0.05, 0.1) is 5.25 Å². The number of amides is 1. The second-order valence-electron chi connectivity index (χ2n) is 6.61. The normalized spacial score (nSPS) is 13.2. The minimum absolute atomic E-state index is 0.118. The summed E-state index contributed by atoms with van der Waals surface area (Å²) >= 11 is 2.79. The summed E-state index contributed by atoms with van der Waals surface area (Å²) in [5.41, 5.74) is 4.09. The van der Waals surface area contributed by atoms with Crippen molar-refractivity contribution in [2.24, 2.45) is 0 Å². The highest BCUT2D eigenvalue weighted by Gasteiger charge is 2.19. The van der Waals surface area contributed by atoms with Crippen molar-refractivity contribution in [3.63, 3.8) is 0 Å². The molecule has 1 aliphatic heterocycles. The van der Waals surface area contributed by atoms with E-state index in [0.29, 0.717) is 22.3 Å². The largest absolute Gasteiger partial charge is 0.454 e. The summed E-state index contributed by atoms with van der Waals surface area (Å²) in [4.78, 5) is 12.5. The van der Waals surface area contributed by atoms with Crippen molar-refractivity contribution >= 4 is 45.5 Å². The number of carbonyl (C=O) groups excluding carboxylic acids is 1. The van der Waals surface area contributed by atoms with Crippen LogP contribution in [0.4, 0.5) is 16.5 Å². The summed E-state index contributed by atoms with van der Waals surface area (Å²) in [6.07, 6.45) is 0. The van der Waals surface area contributed by atoms with Gasteiger partial charge in [-0.05, 0) is 56.2 Å². The van der Waals surface area contributed by atoms with Gasteiger partial charge in [-0.2, -0.15) is 0 Å². The highest BCUT2D eigenvalue weighted by Crippen LogP contribution is 2.35. The number of hydrogen-bond donors (Lipinski definition) is 2. The summed E-state index contributed by atoms with van der Waals surface area (Å²) in [5, 5.41) is 14.9. The van der Waals surface area contributed by atoms with E-state index in [4.69, 9.17) is 9.47 Å². The molecule has 1 atom stereocenters. The molecule has 0 saturated carbocycles. The first-order valence-corrected chi connectivity index (χ1v) is 10.7. The number of aromatic nitrogens is 2. The molecular weight excluding hydrogens is 408 g/mol. The molecule has 9 heteroatoms. The fourth-order valence-electron chi connectivity index (χ4n) is 2.67. The molecule has 29 heavy (non-hydrogen) atoms. The third kappa shape index (κ3) is 4.63. The van der Waals surface area contributed by atoms with E-state index in [2.05, 4.69) is 46.8 Å². The molecule has 0 aliphatic carbocycles. The van der Waals surface area contributed by atoms with Crippen LogP contribution in [0, 0.1) is 13.8 Å². The Hall–Kier alpha value is -2.78. The number of anilines is 3. The molecule has 0 bridgehead atoms. The molecule has 0 spiro atoms. The summed E-state index contributed by atoms with van der Waals surface area (Å²) in [6, 6.07) is 11.5. The van der Waals surface area contributed by atoms with Gasteiger partial charge >= 0.3 is 0 Å². The van der Waals surface area contributed by atoms with Crippen molar-refractivity contribution in [3.05, 3.63) is 47.5 Å². The van der Waals surface area contributed by atoms with E-state index in [-0.39, 0.29) is 18.0 Å². The Morgan fingerprint density at radius 3 is 2.69 bits per heavy atom. The van der Waals surface area contributed by atoms with Gasteiger partial charge in [0, 0.05) is 17.4 Å². The van der Waals surface area contributed by atoms with Crippen molar-refractivity contribution in [1.82, 2.24) is 10.2 Å². The van der Waals surface area contributed by atoms with Gasteiger partial charge in [-0.25, -0.2) is 0 Å². The van der Waals surface area contributed by atoms with Gasteiger partial charge in [0.1, 0.15) is 0 Å². The van der Waals surface area contributed by atoms with Crippen LogP contribution in [0.2, 0.25) is 0 Å². The van der Waals surface area contributed by atoms with Crippen LogP contribution in [0.1, 0.15) is 18.1 Å². The van der Waals surface area contributed by atoms with Crippen molar-refractivity contribution in [3.8, 4) is 11.5 Å². The molecule has 0 unspecified atom stereocenters. The molecule has 150 valence electrons. The Balaban J connectivity index is 1.35. The summed E-state index contributed by atoms with van der Waals surface area (Å²) < 4.78 is 11.3. The number of hydrogen-bond acceptors (Lipinski definition) is 8. The van der Waals surface area contributed by atoms with E-state index in [9.17, 15) is 4.79 Å². The molecule has 2 N–H and O–H groups in total. The maximum absolute atomic E-state index is 12.5. The smallest absolute Gasteiger partial charge is 0.237 e. The quantitative estimate of drug-likeness (QED) is 0.548. The Bertz CT molecular complexity index is 1050. The molecule has 4 rings (SSSR count). The molecule has 2 aromatic carbocycles. The van der Waals surface area contributed by atoms with Crippen LogP contribution in [-0.4, -0.2) is 28.1 Å². The van der Waals surface area contributed by atoms with Gasteiger partial charge in [0.2, 0.25) is 17.8 Å². The first-order chi connectivity index (χ1) is 14.0. The molecule has 0 fully saturated rings. The number of rotatable bonds is 6. The van der Waals surface area contributed by atoms with Gasteiger partial charge in [0.15, 0.2) is 15.8 Å². The summed E-state index contributed by atoms with van der Waals surface area (Å²) in [7, 11) is 0. The standard InChI is InChI=1S/C20H20N4O3S2/c1-11-4-5-14(8-12(11)2)22-19-23-24-20(29-19)28-13(3)18(25)21-15-6-7-16-17(9-15)27-10-26-16/h4-9,13H,10H2,1-3H3,(H,21,25)(H,22,23)/t13-/m1/s1. The van der Waals surface area contributed by atoms with E-state index in [0.717, 1.165) is 10.0 Å². The van der Waals surface area contributed by atoms with Crippen molar-refractivity contribution in [2.75, 3.05) is 17.4 Å². The minimum atomic E-state index is -0.331. The number of thioether (sulfide) groups is 1. The fraction of sp³-hybridized carbons (Fsp3) is 0.250. The first kappa shape index (κ1) is 19.5. The summed E-state index contributed by atoms with van der Waals surface area (Å²) in [5.74, 6) is 1.20. The Morgan fingerprint density at radius 1 is 1.07 bits per heavy atom. The lowest BCUT2D eigenvalue weighted by Crippen LogP contribution is -2.22. The molecule has 3 aromatic rings. The Labute approximate surface area is 176 Å². The van der Waals surface area contributed by atoms with Crippen LogP contribution in [-0.2, 0) is 4.79 Å². The number of benzene rings is 2. The average molecular weight is 429 g/mol. The molecular formula is C20H20N4O3S2. The minimum Gasteiger partial charge on any atom is -0.454 e. The Morgan fingerprint density at radius 2 is 1.86 bits per heavy atom. The molecule has 0 radical (unpaired) electrons. The molecule has 0 saturated heterocycles. The zero-order valence-electron chi connectivity index (χ0n) is 16.2. The zero-order valence-corrected chi connectivity index (χ0v) is 17.8. The van der Waals surface area contributed by atoms with Crippen LogP contribution < -0.4 is 20.1 Å². The maximum Gasteiger partial charge on any atom is 0.237 e. The third-order valence-corrected chi connectivity index (χ3v) is 6.47. The van der Waals surface area contributed by atoms with Gasteiger partial charge in [-0.3, -0.25) is 4.79 Å². The van der Waals surface area contributed by atoms with E-state index < -0.39 is 0 Å². The molecule has 2 heterocycles. The number of ether oxygens (including phenoxy) is 2. The van der Waals surface area contributed by atoms with E-state index in [1.54, 1.807) is 18.2 Å². The number of nitrogens with one attached hydrogen (secondary N) is 2. The monoisotopic (exact) mass is 428 g/mol. The SMILES string of the molecule is Cc1ccc(Nc2nnc(S[C@H](C)C(=O)Nc3ccc4c(c3)OCO4)s2)cc1C.